The highest BCUT2D eigenvalue weighted by atomic mass is 35.5. The van der Waals surface area contributed by atoms with E-state index in [-0.39, 0.29) is 4.90 Å². The SMILES string of the molecule is Cc1ccc(S(=O)(=O)C(Cl)C#N)cc1. The number of rotatable bonds is 2. The van der Waals surface area contributed by atoms with E-state index in [9.17, 15) is 8.42 Å². The Labute approximate surface area is 87.8 Å². The van der Waals surface area contributed by atoms with Crippen molar-refractivity contribution < 1.29 is 8.42 Å². The van der Waals surface area contributed by atoms with Crippen molar-refractivity contribution in [2.75, 3.05) is 0 Å². The smallest absolute Gasteiger partial charge is 0.221 e. The van der Waals surface area contributed by atoms with E-state index in [2.05, 4.69) is 0 Å². The van der Waals surface area contributed by atoms with Crippen LogP contribution in [0.5, 0.6) is 0 Å². The molecule has 0 N–H and O–H groups in total. The Balaban J connectivity index is 3.19. The van der Waals surface area contributed by atoms with Gasteiger partial charge in [-0.05, 0) is 19.1 Å². The van der Waals surface area contributed by atoms with Gasteiger partial charge in [-0.1, -0.05) is 29.3 Å². The number of aryl methyl sites for hydroxylation is 1. The first-order valence-electron chi connectivity index (χ1n) is 3.83. The number of nitrogens with zero attached hydrogens (tertiary/aromatic N) is 1. The Kier molecular flexibility index (Phi) is 3.14. The van der Waals surface area contributed by atoms with Crippen molar-refractivity contribution in [3.05, 3.63) is 29.8 Å². The molecule has 74 valence electrons. The van der Waals surface area contributed by atoms with Crippen molar-refractivity contribution in [3.8, 4) is 6.07 Å². The van der Waals surface area contributed by atoms with Crippen molar-refractivity contribution in [1.82, 2.24) is 0 Å². The summed E-state index contributed by atoms with van der Waals surface area (Å²) in [7, 11) is -3.70. The van der Waals surface area contributed by atoms with Crippen LogP contribution < -0.4 is 0 Å². The van der Waals surface area contributed by atoms with Gasteiger partial charge in [0.05, 0.1) is 11.0 Å². The van der Waals surface area contributed by atoms with Crippen LogP contribution >= 0.6 is 11.6 Å². The zero-order valence-corrected chi connectivity index (χ0v) is 9.01. The number of sulfone groups is 1. The lowest BCUT2D eigenvalue weighted by atomic mass is 10.2. The third-order valence-electron chi connectivity index (χ3n) is 1.72. The van der Waals surface area contributed by atoms with Crippen LogP contribution in [0.1, 0.15) is 5.56 Å². The average Bonchev–Trinajstić information content (AvgIpc) is 2.17. The van der Waals surface area contributed by atoms with E-state index in [1.807, 2.05) is 6.92 Å². The molecular formula is C9H8ClNO2S. The summed E-state index contributed by atoms with van der Waals surface area (Å²) in [6.45, 7) is 1.85. The fraction of sp³-hybridized carbons (Fsp3) is 0.222. The molecule has 14 heavy (non-hydrogen) atoms. The summed E-state index contributed by atoms with van der Waals surface area (Å²) >= 11 is 5.38. The van der Waals surface area contributed by atoms with Gasteiger partial charge in [0.15, 0.2) is 0 Å². The zero-order chi connectivity index (χ0) is 10.8. The van der Waals surface area contributed by atoms with E-state index in [4.69, 9.17) is 16.9 Å². The summed E-state index contributed by atoms with van der Waals surface area (Å²) in [5, 5.41) is 8.43. The summed E-state index contributed by atoms with van der Waals surface area (Å²) < 4.78 is 21.5. The van der Waals surface area contributed by atoms with Crippen molar-refractivity contribution in [3.63, 3.8) is 0 Å². The second-order valence-corrected chi connectivity index (χ2v) is 5.53. The quantitative estimate of drug-likeness (QED) is 0.728. The summed E-state index contributed by atoms with van der Waals surface area (Å²) in [5.41, 5.74) is 0.951. The molecule has 0 bridgehead atoms. The Morgan fingerprint density at radius 2 is 1.86 bits per heavy atom. The molecule has 1 aromatic carbocycles. The minimum Gasteiger partial charge on any atom is -0.221 e. The minimum absolute atomic E-state index is 0.0738. The maximum absolute atomic E-state index is 11.5. The summed E-state index contributed by atoms with van der Waals surface area (Å²) in [6, 6.07) is 7.70. The maximum Gasteiger partial charge on any atom is 0.225 e. The van der Waals surface area contributed by atoms with Crippen LogP contribution in [0.4, 0.5) is 0 Å². The number of alkyl halides is 1. The first-order chi connectivity index (χ1) is 6.48. The molecule has 0 saturated carbocycles. The number of nitriles is 1. The van der Waals surface area contributed by atoms with Gasteiger partial charge >= 0.3 is 0 Å². The normalized spacial score (nSPS) is 13.2. The highest BCUT2D eigenvalue weighted by Crippen LogP contribution is 2.18. The molecule has 1 atom stereocenters. The standard InChI is InChI=1S/C9H8ClNO2S/c1-7-2-4-8(5-3-7)14(12,13)9(10)6-11/h2-5,9H,1H3. The van der Waals surface area contributed by atoms with E-state index in [0.717, 1.165) is 5.56 Å². The molecule has 0 spiro atoms. The summed E-state index contributed by atoms with van der Waals surface area (Å²) in [4.78, 5) is 0.0738. The molecule has 1 unspecified atom stereocenters. The Bertz CT molecular complexity index is 459. The monoisotopic (exact) mass is 229 g/mol. The average molecular weight is 230 g/mol. The molecule has 0 aromatic heterocycles. The van der Waals surface area contributed by atoms with Crippen LogP contribution in [0.25, 0.3) is 0 Å². The highest BCUT2D eigenvalue weighted by molar-refractivity contribution is 7.93. The Hall–Kier alpha value is -1.05. The maximum atomic E-state index is 11.5. The van der Waals surface area contributed by atoms with E-state index >= 15 is 0 Å². The fourth-order valence-corrected chi connectivity index (χ4v) is 2.12. The van der Waals surface area contributed by atoms with E-state index in [0.29, 0.717) is 0 Å². The lowest BCUT2D eigenvalue weighted by molar-refractivity contribution is 0.597. The van der Waals surface area contributed by atoms with E-state index in [1.54, 1.807) is 12.1 Å². The van der Waals surface area contributed by atoms with Crippen LogP contribution in [-0.4, -0.2) is 13.1 Å². The molecule has 0 saturated heterocycles. The van der Waals surface area contributed by atoms with Crippen LogP contribution in [0.15, 0.2) is 29.2 Å². The zero-order valence-electron chi connectivity index (χ0n) is 7.44. The van der Waals surface area contributed by atoms with Gasteiger partial charge in [0.2, 0.25) is 14.5 Å². The predicted molar refractivity (Wildman–Crippen MR) is 53.6 cm³/mol. The largest absolute Gasteiger partial charge is 0.225 e. The lowest BCUT2D eigenvalue weighted by Crippen LogP contribution is -2.13. The molecule has 1 aromatic rings. The van der Waals surface area contributed by atoms with Crippen LogP contribution in [-0.2, 0) is 9.84 Å². The van der Waals surface area contributed by atoms with Crippen molar-refractivity contribution in [2.45, 2.75) is 16.5 Å². The third-order valence-corrected chi connectivity index (χ3v) is 4.10. The second-order valence-electron chi connectivity index (χ2n) is 2.80. The fourth-order valence-electron chi connectivity index (χ4n) is 0.917. The van der Waals surface area contributed by atoms with Gasteiger partial charge in [0, 0.05) is 0 Å². The van der Waals surface area contributed by atoms with Crippen molar-refractivity contribution in [2.24, 2.45) is 0 Å². The first kappa shape index (κ1) is 11.0. The first-order valence-corrected chi connectivity index (χ1v) is 5.81. The minimum atomic E-state index is -3.70. The van der Waals surface area contributed by atoms with Gasteiger partial charge in [-0.15, -0.1) is 0 Å². The van der Waals surface area contributed by atoms with E-state index < -0.39 is 14.5 Å². The molecule has 0 heterocycles. The topological polar surface area (TPSA) is 57.9 Å². The van der Waals surface area contributed by atoms with Crippen LogP contribution in [0, 0.1) is 18.3 Å². The van der Waals surface area contributed by atoms with Crippen LogP contribution in [0.2, 0.25) is 0 Å². The Morgan fingerprint density at radius 1 is 1.36 bits per heavy atom. The van der Waals surface area contributed by atoms with Gasteiger partial charge in [-0.2, -0.15) is 5.26 Å². The van der Waals surface area contributed by atoms with Crippen molar-refractivity contribution in [1.29, 1.82) is 5.26 Å². The van der Waals surface area contributed by atoms with Gasteiger partial charge in [-0.25, -0.2) is 8.42 Å². The highest BCUT2D eigenvalue weighted by Gasteiger charge is 2.24. The molecule has 0 aliphatic rings. The van der Waals surface area contributed by atoms with Gasteiger partial charge < -0.3 is 0 Å². The molecule has 0 aliphatic carbocycles. The second kappa shape index (κ2) is 3.99. The number of hydrogen-bond donors (Lipinski definition) is 0. The molecule has 0 radical (unpaired) electrons. The molecule has 1 rings (SSSR count). The number of benzene rings is 1. The molecule has 0 aliphatic heterocycles. The molecule has 5 heteroatoms. The Morgan fingerprint density at radius 3 is 2.29 bits per heavy atom. The number of halogens is 1. The van der Waals surface area contributed by atoms with Gasteiger partial charge in [0.25, 0.3) is 0 Å². The van der Waals surface area contributed by atoms with Gasteiger partial charge in [-0.3, -0.25) is 0 Å². The predicted octanol–water partition coefficient (Wildman–Crippen LogP) is 1.86. The summed E-state index contributed by atoms with van der Waals surface area (Å²) in [5.74, 6) is 0. The lowest BCUT2D eigenvalue weighted by Gasteiger charge is -2.03. The summed E-state index contributed by atoms with van der Waals surface area (Å²) in [6.07, 6.45) is 0. The number of hydrogen-bond acceptors (Lipinski definition) is 3. The van der Waals surface area contributed by atoms with Gasteiger partial charge in [0.1, 0.15) is 0 Å². The molecule has 3 nitrogen and oxygen atoms in total. The molecule has 0 fully saturated rings. The van der Waals surface area contributed by atoms with E-state index in [1.165, 1.54) is 18.2 Å². The van der Waals surface area contributed by atoms with Crippen molar-refractivity contribution >= 4 is 21.4 Å². The van der Waals surface area contributed by atoms with Crippen LogP contribution in [0.3, 0.4) is 0 Å². The third kappa shape index (κ3) is 2.06. The molecule has 0 amide bonds. The molecular weight excluding hydrogens is 222 g/mol.